The first-order valence-electron chi connectivity index (χ1n) is 7.22. The Bertz CT molecular complexity index is 665. The number of phenolic OH excluding ortho intramolecular Hbond substituents is 1. The summed E-state index contributed by atoms with van der Waals surface area (Å²) in [7, 11) is 0. The lowest BCUT2D eigenvalue weighted by Crippen LogP contribution is -2.48. The maximum absolute atomic E-state index is 13.0. The average molecular weight is 300 g/mol. The van der Waals surface area contributed by atoms with Crippen molar-refractivity contribution in [2.45, 2.75) is 0 Å². The molecule has 1 saturated heterocycles. The minimum absolute atomic E-state index is 0.0744. The molecule has 3 rings (SSSR count). The van der Waals surface area contributed by atoms with Crippen LogP contribution in [-0.2, 0) is 0 Å². The van der Waals surface area contributed by atoms with E-state index in [4.69, 9.17) is 0 Å². The molecule has 1 aliphatic heterocycles. The maximum Gasteiger partial charge on any atom is 0.254 e. The number of halogens is 1. The number of benzene rings is 2. The summed E-state index contributed by atoms with van der Waals surface area (Å²) in [5.74, 6) is -0.230. The number of carbonyl (C=O) groups is 1. The molecule has 22 heavy (non-hydrogen) atoms. The molecule has 0 bridgehead atoms. The standard InChI is InChI=1S/C17H17FN2O2/c18-14-4-6-15(7-5-14)19-8-10-20(11-9-19)17(22)13-2-1-3-16(21)12-13/h1-7,12,21H,8-11H2. The van der Waals surface area contributed by atoms with Gasteiger partial charge in [0.25, 0.3) is 5.91 Å². The van der Waals surface area contributed by atoms with Crippen molar-refractivity contribution in [3.05, 3.63) is 59.9 Å². The molecule has 1 N–H and O–H groups in total. The lowest BCUT2D eigenvalue weighted by molar-refractivity contribution is 0.0746. The van der Waals surface area contributed by atoms with Crippen molar-refractivity contribution < 1.29 is 14.3 Å². The Hall–Kier alpha value is -2.56. The van der Waals surface area contributed by atoms with Crippen LogP contribution in [0.1, 0.15) is 10.4 Å². The Balaban J connectivity index is 1.64. The smallest absolute Gasteiger partial charge is 0.254 e. The fourth-order valence-electron chi connectivity index (χ4n) is 2.64. The van der Waals surface area contributed by atoms with Gasteiger partial charge in [-0.1, -0.05) is 6.07 Å². The summed E-state index contributed by atoms with van der Waals surface area (Å²) in [5, 5.41) is 9.46. The van der Waals surface area contributed by atoms with Crippen molar-refractivity contribution in [2.24, 2.45) is 0 Å². The van der Waals surface area contributed by atoms with E-state index in [1.807, 2.05) is 0 Å². The van der Waals surface area contributed by atoms with Crippen LogP contribution in [-0.4, -0.2) is 42.1 Å². The molecular formula is C17H17FN2O2. The van der Waals surface area contributed by atoms with Gasteiger partial charge in [0.2, 0.25) is 0 Å². The zero-order valence-electron chi connectivity index (χ0n) is 12.1. The van der Waals surface area contributed by atoms with Crippen molar-refractivity contribution in [3.63, 3.8) is 0 Å². The third-order valence-corrected chi connectivity index (χ3v) is 3.85. The minimum atomic E-state index is -0.249. The molecule has 0 unspecified atom stereocenters. The van der Waals surface area contributed by atoms with Crippen molar-refractivity contribution >= 4 is 11.6 Å². The fourth-order valence-corrected chi connectivity index (χ4v) is 2.64. The molecule has 0 radical (unpaired) electrons. The highest BCUT2D eigenvalue weighted by Crippen LogP contribution is 2.19. The Kier molecular flexibility index (Phi) is 3.96. The molecule has 0 saturated carbocycles. The molecule has 2 aromatic rings. The van der Waals surface area contributed by atoms with Gasteiger partial charge in [0.1, 0.15) is 11.6 Å². The lowest BCUT2D eigenvalue weighted by Gasteiger charge is -2.36. The molecule has 4 nitrogen and oxygen atoms in total. The van der Waals surface area contributed by atoms with E-state index in [2.05, 4.69) is 4.90 Å². The van der Waals surface area contributed by atoms with Crippen LogP contribution in [0.15, 0.2) is 48.5 Å². The van der Waals surface area contributed by atoms with Gasteiger partial charge >= 0.3 is 0 Å². The second-order valence-electron chi connectivity index (χ2n) is 5.31. The molecule has 0 aromatic heterocycles. The summed E-state index contributed by atoms with van der Waals surface area (Å²) < 4.78 is 13.0. The van der Waals surface area contributed by atoms with Gasteiger partial charge in [0.15, 0.2) is 0 Å². The van der Waals surface area contributed by atoms with Crippen molar-refractivity contribution in [3.8, 4) is 5.75 Å². The first kappa shape index (κ1) is 14.4. The van der Waals surface area contributed by atoms with Gasteiger partial charge in [-0.15, -0.1) is 0 Å². The van der Waals surface area contributed by atoms with Crippen molar-refractivity contribution in [2.75, 3.05) is 31.1 Å². The number of phenols is 1. The topological polar surface area (TPSA) is 43.8 Å². The normalized spacial score (nSPS) is 15.0. The van der Waals surface area contributed by atoms with Crippen LogP contribution in [0.2, 0.25) is 0 Å². The monoisotopic (exact) mass is 300 g/mol. The van der Waals surface area contributed by atoms with Gasteiger partial charge < -0.3 is 14.9 Å². The summed E-state index contributed by atoms with van der Waals surface area (Å²) in [6, 6.07) is 12.8. The number of hydrogen-bond acceptors (Lipinski definition) is 3. The van der Waals surface area contributed by atoms with Crippen molar-refractivity contribution in [1.29, 1.82) is 0 Å². The van der Waals surface area contributed by atoms with Crippen molar-refractivity contribution in [1.82, 2.24) is 4.90 Å². The van der Waals surface area contributed by atoms with Crippen LogP contribution in [0.3, 0.4) is 0 Å². The van der Waals surface area contributed by atoms with E-state index in [-0.39, 0.29) is 17.5 Å². The Morgan fingerprint density at radius 1 is 1.00 bits per heavy atom. The highest BCUT2D eigenvalue weighted by Gasteiger charge is 2.22. The summed E-state index contributed by atoms with van der Waals surface area (Å²) in [5.41, 5.74) is 1.46. The zero-order valence-corrected chi connectivity index (χ0v) is 12.1. The summed E-state index contributed by atoms with van der Waals surface area (Å²) >= 11 is 0. The zero-order chi connectivity index (χ0) is 15.5. The van der Waals surface area contributed by atoms with Gasteiger partial charge in [0, 0.05) is 37.4 Å². The van der Waals surface area contributed by atoms with Gasteiger partial charge in [-0.2, -0.15) is 0 Å². The Morgan fingerprint density at radius 2 is 1.68 bits per heavy atom. The Morgan fingerprint density at radius 3 is 2.32 bits per heavy atom. The number of nitrogens with zero attached hydrogens (tertiary/aromatic N) is 2. The number of carbonyl (C=O) groups excluding carboxylic acids is 1. The number of aromatic hydroxyl groups is 1. The van der Waals surface area contributed by atoms with E-state index in [1.54, 1.807) is 35.2 Å². The first-order chi connectivity index (χ1) is 10.6. The van der Waals surface area contributed by atoms with E-state index in [0.29, 0.717) is 31.7 Å². The molecule has 5 heteroatoms. The number of amides is 1. The van der Waals surface area contributed by atoms with E-state index in [1.165, 1.54) is 18.2 Å². The van der Waals surface area contributed by atoms with E-state index < -0.39 is 0 Å². The van der Waals surface area contributed by atoms with Gasteiger partial charge in [0.05, 0.1) is 0 Å². The summed E-state index contributed by atoms with van der Waals surface area (Å²) in [6.45, 7) is 2.62. The SMILES string of the molecule is O=C(c1cccc(O)c1)N1CCN(c2ccc(F)cc2)CC1. The van der Waals surface area contributed by atoms with E-state index in [0.717, 1.165) is 5.69 Å². The molecule has 1 heterocycles. The van der Waals surface area contributed by atoms with Crippen LogP contribution in [0.5, 0.6) is 5.75 Å². The number of piperazine rings is 1. The molecule has 0 spiro atoms. The van der Waals surface area contributed by atoms with Crippen LogP contribution in [0.25, 0.3) is 0 Å². The minimum Gasteiger partial charge on any atom is -0.508 e. The molecule has 114 valence electrons. The maximum atomic E-state index is 13.0. The van der Waals surface area contributed by atoms with E-state index >= 15 is 0 Å². The predicted octanol–water partition coefficient (Wildman–Crippen LogP) is 2.49. The molecular weight excluding hydrogens is 283 g/mol. The molecule has 0 aliphatic carbocycles. The lowest BCUT2D eigenvalue weighted by atomic mass is 10.1. The number of rotatable bonds is 2. The first-order valence-corrected chi connectivity index (χ1v) is 7.22. The second-order valence-corrected chi connectivity index (χ2v) is 5.31. The fraction of sp³-hybridized carbons (Fsp3) is 0.235. The largest absolute Gasteiger partial charge is 0.508 e. The molecule has 2 aromatic carbocycles. The Labute approximate surface area is 128 Å². The highest BCUT2D eigenvalue weighted by molar-refractivity contribution is 5.94. The van der Waals surface area contributed by atoms with Crippen LogP contribution < -0.4 is 4.90 Å². The molecule has 1 aliphatic rings. The van der Waals surface area contributed by atoms with Crippen LogP contribution in [0, 0.1) is 5.82 Å². The summed E-state index contributed by atoms with van der Waals surface area (Å²) in [6.07, 6.45) is 0. The number of anilines is 1. The molecule has 0 atom stereocenters. The summed E-state index contributed by atoms with van der Waals surface area (Å²) in [4.78, 5) is 16.3. The van der Waals surface area contributed by atoms with Crippen LogP contribution >= 0.6 is 0 Å². The molecule has 1 amide bonds. The average Bonchev–Trinajstić information content (AvgIpc) is 2.55. The second kappa shape index (κ2) is 6.05. The third kappa shape index (κ3) is 3.03. The number of hydrogen-bond donors (Lipinski definition) is 1. The highest BCUT2D eigenvalue weighted by atomic mass is 19.1. The van der Waals surface area contributed by atoms with Gasteiger partial charge in [-0.05, 0) is 42.5 Å². The molecule has 1 fully saturated rings. The van der Waals surface area contributed by atoms with Gasteiger partial charge in [-0.25, -0.2) is 4.39 Å². The third-order valence-electron chi connectivity index (χ3n) is 3.85. The van der Waals surface area contributed by atoms with E-state index in [9.17, 15) is 14.3 Å². The predicted molar refractivity (Wildman–Crippen MR) is 82.6 cm³/mol. The quantitative estimate of drug-likeness (QED) is 0.926. The van der Waals surface area contributed by atoms with Crippen LogP contribution in [0.4, 0.5) is 10.1 Å². The van der Waals surface area contributed by atoms with Gasteiger partial charge in [-0.3, -0.25) is 4.79 Å².